The molecule has 2 fully saturated rings. The van der Waals surface area contributed by atoms with Gasteiger partial charge in [0.1, 0.15) is 0 Å². The van der Waals surface area contributed by atoms with Crippen molar-refractivity contribution >= 4 is 16.5 Å². The van der Waals surface area contributed by atoms with Crippen molar-refractivity contribution in [2.45, 2.75) is 69.9 Å². The van der Waals surface area contributed by atoms with Gasteiger partial charge >= 0.3 is 0 Å². The molecular formula is C16H25N3S. The Morgan fingerprint density at radius 2 is 1.90 bits per heavy atom. The van der Waals surface area contributed by atoms with E-state index in [9.17, 15) is 0 Å². The Balaban J connectivity index is 1.63. The second kappa shape index (κ2) is 5.30. The molecule has 0 amide bonds. The molecule has 20 heavy (non-hydrogen) atoms. The zero-order valence-corrected chi connectivity index (χ0v) is 13.0. The summed E-state index contributed by atoms with van der Waals surface area (Å²) in [6, 6.07) is 1.01. The largest absolute Gasteiger partial charge is 0.345 e. The van der Waals surface area contributed by atoms with E-state index in [0.717, 1.165) is 24.8 Å². The zero-order chi connectivity index (χ0) is 13.5. The standard InChI is InChI=1S/C16H25N3S/c17-12-7-3-8-13-15(12)20-16(18-13)19-10-4-6-11-5-1-2-9-14(11)19/h11-12,14H,1-10,17H2/t11-,12?,14-/m1/s1. The van der Waals surface area contributed by atoms with Crippen molar-refractivity contribution in [3.05, 3.63) is 10.6 Å². The summed E-state index contributed by atoms with van der Waals surface area (Å²) < 4.78 is 0. The summed E-state index contributed by atoms with van der Waals surface area (Å²) in [6.07, 6.45) is 11.9. The monoisotopic (exact) mass is 291 g/mol. The third kappa shape index (κ3) is 2.17. The van der Waals surface area contributed by atoms with Crippen LogP contribution >= 0.6 is 11.3 Å². The number of aryl methyl sites for hydroxylation is 1. The number of fused-ring (bicyclic) bond motifs is 2. The molecule has 2 N–H and O–H groups in total. The first-order valence-corrected chi connectivity index (χ1v) is 9.16. The average Bonchev–Trinajstić information content (AvgIpc) is 2.92. The normalized spacial score (nSPS) is 33.6. The van der Waals surface area contributed by atoms with E-state index in [2.05, 4.69) is 4.90 Å². The van der Waals surface area contributed by atoms with Gasteiger partial charge in [0, 0.05) is 23.5 Å². The molecule has 110 valence electrons. The van der Waals surface area contributed by atoms with Crippen LogP contribution in [0.2, 0.25) is 0 Å². The minimum absolute atomic E-state index is 0.247. The van der Waals surface area contributed by atoms with E-state index in [4.69, 9.17) is 10.7 Å². The zero-order valence-electron chi connectivity index (χ0n) is 12.2. The molecule has 4 heteroatoms. The Morgan fingerprint density at radius 3 is 2.80 bits per heavy atom. The lowest BCUT2D eigenvalue weighted by Gasteiger charge is -2.44. The highest BCUT2D eigenvalue weighted by atomic mass is 32.1. The van der Waals surface area contributed by atoms with Crippen LogP contribution in [0, 0.1) is 5.92 Å². The number of rotatable bonds is 1. The fourth-order valence-corrected chi connectivity index (χ4v) is 5.66. The van der Waals surface area contributed by atoms with Crippen LogP contribution < -0.4 is 10.6 Å². The Bertz CT molecular complexity index is 482. The van der Waals surface area contributed by atoms with Gasteiger partial charge in [-0.2, -0.15) is 0 Å². The van der Waals surface area contributed by atoms with E-state index >= 15 is 0 Å². The summed E-state index contributed by atoms with van der Waals surface area (Å²) in [7, 11) is 0. The highest BCUT2D eigenvalue weighted by Gasteiger charge is 2.35. The van der Waals surface area contributed by atoms with E-state index in [1.54, 1.807) is 0 Å². The maximum atomic E-state index is 6.27. The topological polar surface area (TPSA) is 42.1 Å². The highest BCUT2D eigenvalue weighted by Crippen LogP contribution is 2.42. The molecule has 0 aromatic carbocycles. The molecule has 1 aliphatic heterocycles. The van der Waals surface area contributed by atoms with Crippen molar-refractivity contribution < 1.29 is 0 Å². The number of nitrogens with zero attached hydrogens (tertiary/aromatic N) is 2. The lowest BCUT2D eigenvalue weighted by atomic mass is 9.78. The number of anilines is 1. The minimum atomic E-state index is 0.247. The van der Waals surface area contributed by atoms with Gasteiger partial charge in [0.25, 0.3) is 0 Å². The fraction of sp³-hybridized carbons (Fsp3) is 0.812. The molecule has 1 aromatic heterocycles. The Labute approximate surface area is 125 Å². The third-order valence-electron chi connectivity index (χ3n) is 5.47. The average molecular weight is 291 g/mol. The molecule has 0 radical (unpaired) electrons. The van der Waals surface area contributed by atoms with E-state index in [1.807, 2.05) is 11.3 Å². The van der Waals surface area contributed by atoms with Gasteiger partial charge in [-0.25, -0.2) is 4.98 Å². The van der Waals surface area contributed by atoms with Crippen LogP contribution in [0.5, 0.6) is 0 Å². The fourth-order valence-electron chi connectivity index (χ4n) is 4.43. The van der Waals surface area contributed by atoms with Crippen molar-refractivity contribution in [3.63, 3.8) is 0 Å². The second-order valence-corrected chi connectivity index (χ2v) is 7.76. The number of hydrogen-bond donors (Lipinski definition) is 1. The van der Waals surface area contributed by atoms with Gasteiger partial charge in [-0.05, 0) is 50.9 Å². The molecule has 1 saturated carbocycles. The number of hydrogen-bond acceptors (Lipinski definition) is 4. The summed E-state index contributed by atoms with van der Waals surface area (Å²) in [5, 5.41) is 1.28. The summed E-state index contributed by atoms with van der Waals surface area (Å²) in [4.78, 5) is 9.00. The molecule has 3 atom stereocenters. The van der Waals surface area contributed by atoms with E-state index in [1.165, 1.54) is 67.2 Å². The van der Waals surface area contributed by atoms with Crippen molar-refractivity contribution in [1.82, 2.24) is 4.98 Å². The molecule has 2 aliphatic carbocycles. The van der Waals surface area contributed by atoms with E-state index in [0.29, 0.717) is 0 Å². The first kappa shape index (κ1) is 13.1. The van der Waals surface area contributed by atoms with Gasteiger partial charge < -0.3 is 10.6 Å². The molecular weight excluding hydrogens is 266 g/mol. The number of piperidine rings is 1. The summed E-state index contributed by atoms with van der Waals surface area (Å²) in [5.74, 6) is 0.923. The van der Waals surface area contributed by atoms with Crippen LogP contribution in [-0.4, -0.2) is 17.6 Å². The molecule has 1 saturated heterocycles. The minimum Gasteiger partial charge on any atom is -0.345 e. The van der Waals surface area contributed by atoms with Gasteiger partial charge in [0.05, 0.1) is 5.69 Å². The van der Waals surface area contributed by atoms with Gasteiger partial charge in [0.2, 0.25) is 0 Å². The molecule has 1 aromatic rings. The van der Waals surface area contributed by atoms with Crippen molar-refractivity contribution in [3.8, 4) is 0 Å². The summed E-state index contributed by atoms with van der Waals surface area (Å²) in [6.45, 7) is 1.21. The van der Waals surface area contributed by atoms with Crippen LogP contribution in [0.15, 0.2) is 0 Å². The molecule has 0 spiro atoms. The van der Waals surface area contributed by atoms with Crippen molar-refractivity contribution in [2.24, 2.45) is 11.7 Å². The molecule has 4 rings (SSSR count). The van der Waals surface area contributed by atoms with Crippen LogP contribution in [-0.2, 0) is 6.42 Å². The maximum absolute atomic E-state index is 6.27. The second-order valence-electron chi connectivity index (χ2n) is 6.75. The predicted octanol–water partition coefficient (Wildman–Crippen LogP) is 3.64. The first-order chi connectivity index (χ1) is 9.83. The number of thiazole rings is 1. The van der Waals surface area contributed by atoms with Crippen LogP contribution in [0.1, 0.15) is 68.0 Å². The smallest absolute Gasteiger partial charge is 0.186 e. The van der Waals surface area contributed by atoms with Crippen LogP contribution in [0.3, 0.4) is 0 Å². The highest BCUT2D eigenvalue weighted by molar-refractivity contribution is 7.15. The maximum Gasteiger partial charge on any atom is 0.186 e. The SMILES string of the molecule is NC1CCCc2nc(N3CCC[C@H]4CCCC[C@H]43)sc21. The van der Waals surface area contributed by atoms with Gasteiger partial charge in [-0.15, -0.1) is 0 Å². The van der Waals surface area contributed by atoms with Crippen LogP contribution in [0.25, 0.3) is 0 Å². The van der Waals surface area contributed by atoms with Gasteiger partial charge in [-0.1, -0.05) is 24.2 Å². The summed E-state index contributed by atoms with van der Waals surface area (Å²) in [5.41, 5.74) is 7.58. The Morgan fingerprint density at radius 1 is 1.05 bits per heavy atom. The molecule has 2 heterocycles. The van der Waals surface area contributed by atoms with E-state index < -0.39 is 0 Å². The molecule has 0 bridgehead atoms. The van der Waals surface area contributed by atoms with Crippen molar-refractivity contribution in [2.75, 3.05) is 11.4 Å². The first-order valence-electron chi connectivity index (χ1n) is 8.35. The lowest BCUT2D eigenvalue weighted by Crippen LogP contribution is -2.46. The van der Waals surface area contributed by atoms with Crippen molar-refractivity contribution in [1.29, 1.82) is 0 Å². The quantitative estimate of drug-likeness (QED) is 0.859. The number of aromatic nitrogens is 1. The van der Waals surface area contributed by atoms with E-state index in [-0.39, 0.29) is 6.04 Å². The molecule has 1 unspecified atom stereocenters. The van der Waals surface area contributed by atoms with Gasteiger partial charge in [0.15, 0.2) is 5.13 Å². The Hall–Kier alpha value is -0.610. The van der Waals surface area contributed by atoms with Gasteiger partial charge in [-0.3, -0.25) is 0 Å². The lowest BCUT2D eigenvalue weighted by molar-refractivity contribution is 0.243. The summed E-state index contributed by atoms with van der Waals surface area (Å²) >= 11 is 1.90. The molecule has 3 nitrogen and oxygen atoms in total. The third-order valence-corrected chi connectivity index (χ3v) is 6.74. The Kier molecular flexibility index (Phi) is 3.47. The molecule has 3 aliphatic rings. The van der Waals surface area contributed by atoms with Crippen LogP contribution in [0.4, 0.5) is 5.13 Å². The number of nitrogens with two attached hydrogens (primary N) is 1. The predicted molar refractivity (Wildman–Crippen MR) is 84.3 cm³/mol.